The van der Waals surface area contributed by atoms with E-state index in [-0.39, 0.29) is 0 Å². The minimum Gasteiger partial charge on any atom is -0.358 e. The molecule has 0 unspecified atom stereocenters. The molecule has 3 N–H and O–H groups in total. The molecule has 0 fully saturated rings. The van der Waals surface area contributed by atoms with E-state index in [0.717, 1.165) is 6.42 Å². The molecule has 2 aromatic rings. The van der Waals surface area contributed by atoms with Crippen molar-refractivity contribution in [3.8, 4) is 0 Å². The van der Waals surface area contributed by atoms with Crippen molar-refractivity contribution in [1.29, 1.82) is 0 Å². The predicted octanol–water partition coefficient (Wildman–Crippen LogP) is 3.20. The topological polar surface area (TPSA) is 41.8 Å². The largest absolute Gasteiger partial charge is 0.358 e. The highest BCUT2D eigenvalue weighted by Crippen LogP contribution is 2.30. The van der Waals surface area contributed by atoms with Gasteiger partial charge in [0.1, 0.15) is 0 Å². The Morgan fingerprint density at radius 3 is 2.56 bits per heavy atom. The molecule has 0 aliphatic heterocycles. The van der Waals surface area contributed by atoms with Gasteiger partial charge in [-0.05, 0) is 79.1 Å². The summed E-state index contributed by atoms with van der Waals surface area (Å²) in [6, 6.07) is 2.27. The highest BCUT2D eigenvalue weighted by molar-refractivity contribution is 14.1. The molecule has 16 heavy (non-hydrogen) atoms. The lowest BCUT2D eigenvalue weighted by Crippen LogP contribution is -2.03. The first-order chi connectivity index (χ1) is 7.56. The lowest BCUT2D eigenvalue weighted by Gasteiger charge is -2.05. The van der Waals surface area contributed by atoms with Gasteiger partial charge in [0.15, 0.2) is 0 Å². The van der Waals surface area contributed by atoms with E-state index < -0.39 is 0 Å². The van der Waals surface area contributed by atoms with E-state index in [1.165, 1.54) is 36.9 Å². The van der Waals surface area contributed by atoms with Crippen LogP contribution in [0.4, 0.5) is 0 Å². The van der Waals surface area contributed by atoms with Crippen LogP contribution in [-0.4, -0.2) is 11.5 Å². The molecule has 0 spiro atoms. The number of aromatic amines is 1. The van der Waals surface area contributed by atoms with Crippen molar-refractivity contribution in [3.05, 3.63) is 32.0 Å². The molecule has 1 heterocycles. The van der Waals surface area contributed by atoms with Gasteiger partial charge in [-0.3, -0.25) is 0 Å². The third-order valence-corrected chi connectivity index (χ3v) is 4.44. The Morgan fingerprint density at radius 2 is 1.94 bits per heavy atom. The molecule has 0 atom stereocenters. The summed E-state index contributed by atoms with van der Waals surface area (Å²) in [7, 11) is 0. The van der Waals surface area contributed by atoms with Crippen molar-refractivity contribution in [1.82, 2.24) is 4.98 Å². The van der Waals surface area contributed by atoms with Crippen molar-refractivity contribution < 1.29 is 0 Å². The van der Waals surface area contributed by atoms with Crippen molar-refractivity contribution in [2.75, 3.05) is 6.54 Å². The van der Waals surface area contributed by atoms with Gasteiger partial charge in [-0.2, -0.15) is 0 Å². The zero-order valence-electron chi connectivity index (χ0n) is 9.95. The predicted molar refractivity (Wildman–Crippen MR) is 78.0 cm³/mol. The van der Waals surface area contributed by atoms with E-state index in [0.29, 0.717) is 6.54 Å². The van der Waals surface area contributed by atoms with Crippen LogP contribution >= 0.6 is 22.6 Å². The Balaban J connectivity index is 2.80. The van der Waals surface area contributed by atoms with Crippen molar-refractivity contribution in [2.45, 2.75) is 27.2 Å². The number of fused-ring (bicyclic) bond motifs is 1. The quantitative estimate of drug-likeness (QED) is 0.817. The molecular formula is C13H17IN2. The molecule has 0 saturated carbocycles. The summed E-state index contributed by atoms with van der Waals surface area (Å²) in [5.41, 5.74) is 12.3. The average Bonchev–Trinajstić information content (AvgIpc) is 2.55. The van der Waals surface area contributed by atoms with Crippen LogP contribution in [0.3, 0.4) is 0 Å². The van der Waals surface area contributed by atoms with Crippen molar-refractivity contribution in [3.63, 3.8) is 0 Å². The molecular weight excluding hydrogens is 311 g/mol. The maximum Gasteiger partial charge on any atom is 0.0492 e. The molecule has 0 amide bonds. The Kier molecular flexibility index (Phi) is 3.26. The van der Waals surface area contributed by atoms with Crippen LogP contribution in [0, 0.1) is 24.3 Å². The summed E-state index contributed by atoms with van der Waals surface area (Å²) in [6.07, 6.45) is 0.949. The number of aromatic nitrogens is 1. The number of aryl methyl sites for hydroxylation is 2. The van der Waals surface area contributed by atoms with Gasteiger partial charge in [0, 0.05) is 20.2 Å². The lowest BCUT2D eigenvalue weighted by atomic mass is 10.0. The molecule has 3 heteroatoms. The highest BCUT2D eigenvalue weighted by Gasteiger charge is 2.12. The first-order valence-corrected chi connectivity index (χ1v) is 6.61. The monoisotopic (exact) mass is 328 g/mol. The number of hydrogen-bond donors (Lipinski definition) is 2. The number of halogens is 1. The van der Waals surface area contributed by atoms with Crippen LogP contribution in [0.2, 0.25) is 0 Å². The summed E-state index contributed by atoms with van der Waals surface area (Å²) >= 11 is 2.41. The molecule has 86 valence electrons. The number of rotatable bonds is 2. The molecule has 0 radical (unpaired) electrons. The van der Waals surface area contributed by atoms with Crippen LogP contribution < -0.4 is 5.73 Å². The fourth-order valence-electron chi connectivity index (χ4n) is 2.21. The molecule has 0 bridgehead atoms. The van der Waals surface area contributed by atoms with E-state index in [9.17, 15) is 0 Å². The van der Waals surface area contributed by atoms with Gasteiger partial charge in [0.2, 0.25) is 0 Å². The Hall–Kier alpha value is -0.550. The standard InChI is InChI=1S/C13H17IN2/c1-7-8(2)13-11(6-12(7)14)10(4-5-15)9(3)16-13/h6,16H,4-5,15H2,1-3H3. The Bertz CT molecular complexity index is 541. The third kappa shape index (κ3) is 1.76. The maximum atomic E-state index is 5.67. The first kappa shape index (κ1) is 11.9. The van der Waals surface area contributed by atoms with E-state index in [2.05, 4.69) is 54.4 Å². The summed E-state index contributed by atoms with van der Waals surface area (Å²) in [6.45, 7) is 7.20. The number of nitrogens with two attached hydrogens (primary N) is 1. The summed E-state index contributed by atoms with van der Waals surface area (Å²) in [5, 5.41) is 1.34. The highest BCUT2D eigenvalue weighted by atomic mass is 127. The fraction of sp³-hybridized carbons (Fsp3) is 0.385. The maximum absolute atomic E-state index is 5.67. The first-order valence-electron chi connectivity index (χ1n) is 5.53. The molecule has 0 saturated heterocycles. The van der Waals surface area contributed by atoms with E-state index >= 15 is 0 Å². The van der Waals surface area contributed by atoms with Crippen LogP contribution in [0.5, 0.6) is 0 Å². The van der Waals surface area contributed by atoms with Crippen LogP contribution in [0.1, 0.15) is 22.4 Å². The zero-order chi connectivity index (χ0) is 11.9. The van der Waals surface area contributed by atoms with Gasteiger partial charge in [-0.25, -0.2) is 0 Å². The second-order valence-corrected chi connectivity index (χ2v) is 5.46. The van der Waals surface area contributed by atoms with Gasteiger partial charge >= 0.3 is 0 Å². The average molecular weight is 328 g/mol. The van der Waals surface area contributed by atoms with Gasteiger partial charge in [-0.1, -0.05) is 0 Å². The minimum atomic E-state index is 0.706. The van der Waals surface area contributed by atoms with Crippen LogP contribution in [0.25, 0.3) is 10.9 Å². The minimum absolute atomic E-state index is 0.706. The van der Waals surface area contributed by atoms with Gasteiger partial charge in [0.25, 0.3) is 0 Å². The normalized spacial score (nSPS) is 11.3. The van der Waals surface area contributed by atoms with E-state index in [1.54, 1.807) is 0 Å². The van der Waals surface area contributed by atoms with Crippen molar-refractivity contribution in [2.24, 2.45) is 5.73 Å². The number of benzene rings is 1. The smallest absolute Gasteiger partial charge is 0.0492 e. The SMILES string of the molecule is Cc1[nH]c2c(C)c(C)c(I)cc2c1CCN. The second-order valence-electron chi connectivity index (χ2n) is 4.30. The summed E-state index contributed by atoms with van der Waals surface area (Å²) < 4.78 is 1.33. The second kappa shape index (κ2) is 4.37. The van der Waals surface area contributed by atoms with Gasteiger partial charge in [0.05, 0.1) is 0 Å². The fourth-order valence-corrected chi connectivity index (χ4v) is 2.92. The zero-order valence-corrected chi connectivity index (χ0v) is 12.1. The molecule has 1 aromatic heterocycles. The molecule has 2 rings (SSSR count). The van der Waals surface area contributed by atoms with Gasteiger partial charge < -0.3 is 10.7 Å². The molecule has 1 aromatic carbocycles. The van der Waals surface area contributed by atoms with E-state index in [1.807, 2.05) is 0 Å². The molecule has 0 aliphatic carbocycles. The summed E-state index contributed by atoms with van der Waals surface area (Å²) in [5.74, 6) is 0. The number of H-pyrrole nitrogens is 1. The lowest BCUT2D eigenvalue weighted by molar-refractivity contribution is 0.963. The molecule has 0 aliphatic rings. The third-order valence-electron chi connectivity index (χ3n) is 3.32. The number of nitrogens with one attached hydrogen (secondary N) is 1. The van der Waals surface area contributed by atoms with E-state index in [4.69, 9.17) is 5.73 Å². The van der Waals surface area contributed by atoms with Gasteiger partial charge in [-0.15, -0.1) is 0 Å². The summed E-state index contributed by atoms with van der Waals surface area (Å²) in [4.78, 5) is 3.49. The van der Waals surface area contributed by atoms with Crippen LogP contribution in [0.15, 0.2) is 6.07 Å². The molecule has 2 nitrogen and oxygen atoms in total. The van der Waals surface area contributed by atoms with Crippen LogP contribution in [-0.2, 0) is 6.42 Å². The Morgan fingerprint density at radius 1 is 1.25 bits per heavy atom. The number of hydrogen-bond acceptors (Lipinski definition) is 1. The van der Waals surface area contributed by atoms with Crippen molar-refractivity contribution >= 4 is 33.5 Å². The Labute approximate surface area is 110 Å².